The third kappa shape index (κ3) is 3.51. The summed E-state index contributed by atoms with van der Waals surface area (Å²) in [4.78, 5) is 10.8. The lowest BCUT2D eigenvalue weighted by molar-refractivity contribution is 0.112. The molecule has 2 aromatic carbocycles. The molecule has 0 unspecified atom stereocenters. The van der Waals surface area contributed by atoms with E-state index >= 15 is 0 Å². The summed E-state index contributed by atoms with van der Waals surface area (Å²) in [5.74, 6) is 0.666. The number of hydrogen-bond acceptors (Lipinski definition) is 4. The number of benzene rings is 2. The molecule has 0 fully saturated rings. The molecule has 0 atom stereocenters. The van der Waals surface area contributed by atoms with Crippen LogP contribution in [-0.2, 0) is 6.61 Å². The normalized spacial score (nSPS) is 10.0. The van der Waals surface area contributed by atoms with Crippen LogP contribution in [-0.4, -0.2) is 20.5 Å². The Morgan fingerprint density at radius 1 is 1.00 bits per heavy atom. The van der Waals surface area contributed by atoms with Crippen LogP contribution in [0.5, 0.6) is 17.2 Å². The van der Waals surface area contributed by atoms with Gasteiger partial charge >= 0.3 is 0 Å². The number of halogens is 1. The molecule has 2 rings (SSSR count). The van der Waals surface area contributed by atoms with Crippen LogP contribution in [0.3, 0.4) is 0 Å². The van der Waals surface area contributed by atoms with Crippen LogP contribution in [0.4, 0.5) is 4.39 Å². The van der Waals surface area contributed by atoms with Gasteiger partial charge in [-0.25, -0.2) is 4.39 Å². The Morgan fingerprint density at radius 2 is 1.71 bits per heavy atom. The van der Waals surface area contributed by atoms with Gasteiger partial charge in [0, 0.05) is 5.56 Å². The molecule has 21 heavy (non-hydrogen) atoms. The zero-order chi connectivity index (χ0) is 15.2. The second kappa shape index (κ2) is 6.74. The van der Waals surface area contributed by atoms with Crippen LogP contribution in [0.1, 0.15) is 15.9 Å². The van der Waals surface area contributed by atoms with Gasteiger partial charge in [-0.3, -0.25) is 4.79 Å². The number of rotatable bonds is 6. The Morgan fingerprint density at radius 3 is 2.33 bits per heavy atom. The molecule has 0 N–H and O–H groups in total. The first-order valence-corrected chi connectivity index (χ1v) is 6.26. The van der Waals surface area contributed by atoms with Crippen molar-refractivity contribution in [1.29, 1.82) is 0 Å². The standard InChI is InChI=1S/C16H15FO4/c1-19-14-5-4-12(7-13(14)17)10-21-16-8-11(9-18)3-6-15(16)20-2/h3-9H,10H2,1-2H3. The summed E-state index contributed by atoms with van der Waals surface area (Å²) in [5.41, 5.74) is 1.12. The van der Waals surface area contributed by atoms with Crippen LogP contribution in [0.25, 0.3) is 0 Å². The Bertz CT molecular complexity index is 640. The van der Waals surface area contributed by atoms with Crippen LogP contribution in [0.15, 0.2) is 36.4 Å². The third-order valence-electron chi connectivity index (χ3n) is 2.93. The highest BCUT2D eigenvalue weighted by Crippen LogP contribution is 2.28. The zero-order valence-corrected chi connectivity index (χ0v) is 11.8. The van der Waals surface area contributed by atoms with Gasteiger partial charge in [-0.1, -0.05) is 6.07 Å². The summed E-state index contributed by atoms with van der Waals surface area (Å²) < 4.78 is 29.2. The van der Waals surface area contributed by atoms with Gasteiger partial charge in [-0.2, -0.15) is 0 Å². The monoisotopic (exact) mass is 290 g/mol. The Hall–Kier alpha value is -2.56. The molecule has 0 aliphatic carbocycles. The maximum Gasteiger partial charge on any atom is 0.165 e. The van der Waals surface area contributed by atoms with Gasteiger partial charge in [0.05, 0.1) is 14.2 Å². The van der Waals surface area contributed by atoms with Gasteiger partial charge in [-0.15, -0.1) is 0 Å². The fourth-order valence-corrected chi connectivity index (χ4v) is 1.84. The minimum absolute atomic E-state index is 0.152. The molecular formula is C16H15FO4. The fourth-order valence-electron chi connectivity index (χ4n) is 1.84. The summed E-state index contributed by atoms with van der Waals surface area (Å²) in [7, 11) is 2.92. The first-order chi connectivity index (χ1) is 10.2. The lowest BCUT2D eigenvalue weighted by atomic mass is 10.2. The summed E-state index contributed by atoms with van der Waals surface area (Å²) in [6.07, 6.45) is 0.722. The van der Waals surface area contributed by atoms with Crippen LogP contribution >= 0.6 is 0 Å². The molecule has 0 saturated carbocycles. The van der Waals surface area contributed by atoms with E-state index in [1.165, 1.54) is 26.4 Å². The topological polar surface area (TPSA) is 44.8 Å². The Kier molecular flexibility index (Phi) is 4.77. The molecule has 0 aliphatic rings. The van der Waals surface area contributed by atoms with E-state index in [1.54, 1.807) is 24.3 Å². The van der Waals surface area contributed by atoms with E-state index in [4.69, 9.17) is 14.2 Å². The van der Waals surface area contributed by atoms with Crippen LogP contribution in [0.2, 0.25) is 0 Å². The highest BCUT2D eigenvalue weighted by molar-refractivity contribution is 5.76. The van der Waals surface area contributed by atoms with Gasteiger partial charge in [-0.05, 0) is 35.9 Å². The maximum absolute atomic E-state index is 13.6. The van der Waals surface area contributed by atoms with Crippen molar-refractivity contribution in [3.8, 4) is 17.2 Å². The van der Waals surface area contributed by atoms with Crippen molar-refractivity contribution in [3.63, 3.8) is 0 Å². The molecule has 4 nitrogen and oxygen atoms in total. The molecule has 0 aromatic heterocycles. The van der Waals surface area contributed by atoms with E-state index in [2.05, 4.69) is 0 Å². The van der Waals surface area contributed by atoms with Gasteiger partial charge in [0.25, 0.3) is 0 Å². The Balaban J connectivity index is 2.15. The highest BCUT2D eigenvalue weighted by atomic mass is 19.1. The van der Waals surface area contributed by atoms with Crippen molar-refractivity contribution in [2.24, 2.45) is 0 Å². The zero-order valence-electron chi connectivity index (χ0n) is 11.8. The Labute approximate surface area is 122 Å². The average Bonchev–Trinajstić information content (AvgIpc) is 2.52. The molecule has 0 radical (unpaired) electrons. The number of methoxy groups -OCH3 is 2. The third-order valence-corrected chi connectivity index (χ3v) is 2.93. The first kappa shape index (κ1) is 14.8. The van der Waals surface area contributed by atoms with Crippen molar-refractivity contribution in [2.45, 2.75) is 6.61 Å². The predicted octanol–water partition coefficient (Wildman–Crippen LogP) is 3.23. The second-order valence-corrected chi connectivity index (χ2v) is 4.29. The molecule has 0 saturated heterocycles. The number of carbonyl (C=O) groups excluding carboxylic acids is 1. The highest BCUT2D eigenvalue weighted by Gasteiger charge is 2.08. The molecular weight excluding hydrogens is 275 g/mol. The van der Waals surface area contributed by atoms with E-state index in [1.807, 2.05) is 0 Å². The SMILES string of the molecule is COc1ccc(COc2cc(C=O)ccc2OC)cc1F. The molecule has 0 aliphatic heterocycles. The number of carbonyl (C=O) groups is 1. The molecule has 0 amide bonds. The van der Waals surface area contributed by atoms with E-state index in [-0.39, 0.29) is 12.4 Å². The lowest BCUT2D eigenvalue weighted by Gasteiger charge is -2.11. The van der Waals surface area contributed by atoms with Crippen molar-refractivity contribution in [3.05, 3.63) is 53.3 Å². The van der Waals surface area contributed by atoms with Crippen molar-refractivity contribution >= 4 is 6.29 Å². The smallest absolute Gasteiger partial charge is 0.165 e. The molecule has 0 bridgehead atoms. The number of aldehydes is 1. The molecule has 5 heteroatoms. The van der Waals surface area contributed by atoms with E-state index in [9.17, 15) is 9.18 Å². The van der Waals surface area contributed by atoms with Crippen molar-refractivity contribution < 1.29 is 23.4 Å². The van der Waals surface area contributed by atoms with Crippen LogP contribution in [0, 0.1) is 5.82 Å². The summed E-state index contributed by atoms with van der Waals surface area (Å²) in [5, 5.41) is 0. The van der Waals surface area contributed by atoms with Gasteiger partial charge in [0.15, 0.2) is 23.1 Å². The molecule has 110 valence electrons. The summed E-state index contributed by atoms with van der Waals surface area (Å²) >= 11 is 0. The van der Waals surface area contributed by atoms with E-state index in [0.29, 0.717) is 22.6 Å². The fraction of sp³-hybridized carbons (Fsp3) is 0.188. The summed E-state index contributed by atoms with van der Waals surface area (Å²) in [6, 6.07) is 9.44. The second-order valence-electron chi connectivity index (χ2n) is 4.29. The maximum atomic E-state index is 13.6. The lowest BCUT2D eigenvalue weighted by Crippen LogP contribution is -1.99. The molecule has 0 spiro atoms. The minimum Gasteiger partial charge on any atom is -0.494 e. The average molecular weight is 290 g/mol. The predicted molar refractivity (Wildman–Crippen MR) is 75.7 cm³/mol. The van der Waals surface area contributed by atoms with Gasteiger partial charge in [0.2, 0.25) is 0 Å². The van der Waals surface area contributed by atoms with E-state index < -0.39 is 5.82 Å². The van der Waals surface area contributed by atoms with Gasteiger partial charge in [0.1, 0.15) is 12.9 Å². The molecule has 2 aromatic rings. The number of hydrogen-bond donors (Lipinski definition) is 0. The van der Waals surface area contributed by atoms with Crippen molar-refractivity contribution in [2.75, 3.05) is 14.2 Å². The van der Waals surface area contributed by atoms with Gasteiger partial charge < -0.3 is 14.2 Å². The van der Waals surface area contributed by atoms with E-state index in [0.717, 1.165) is 6.29 Å². The van der Waals surface area contributed by atoms with Crippen LogP contribution < -0.4 is 14.2 Å². The van der Waals surface area contributed by atoms with Crippen molar-refractivity contribution in [1.82, 2.24) is 0 Å². The molecule has 0 heterocycles. The largest absolute Gasteiger partial charge is 0.494 e. The summed E-state index contributed by atoms with van der Waals surface area (Å²) in [6.45, 7) is 0.152. The minimum atomic E-state index is -0.452. The first-order valence-electron chi connectivity index (χ1n) is 6.26. The quantitative estimate of drug-likeness (QED) is 0.766. The number of ether oxygens (including phenoxy) is 3.